The molecule has 0 saturated carbocycles. The monoisotopic (exact) mass is 356 g/mol. The number of fused-ring (bicyclic) bond motifs is 1. The third kappa shape index (κ3) is 3.97. The number of alkyl halides is 3. The number of likely N-dealkylation sites (tertiary alicyclic amines) is 1. The van der Waals surface area contributed by atoms with Crippen LogP contribution in [0.3, 0.4) is 0 Å². The Morgan fingerprint density at radius 2 is 1.96 bits per heavy atom. The Morgan fingerprint density at radius 1 is 1.24 bits per heavy atom. The molecule has 2 aromatic rings. The smallest absolute Gasteiger partial charge is 0.369 e. The highest BCUT2D eigenvalue weighted by molar-refractivity contribution is 5.88. The molecule has 1 aromatic carbocycles. The summed E-state index contributed by atoms with van der Waals surface area (Å²) in [4.78, 5) is 20.2. The maximum atomic E-state index is 13.4. The van der Waals surface area contributed by atoms with E-state index in [-0.39, 0.29) is 19.0 Å². The molecule has 0 radical (unpaired) electrons. The summed E-state index contributed by atoms with van der Waals surface area (Å²) in [7, 11) is 0. The normalized spacial score (nSPS) is 16.2. The van der Waals surface area contributed by atoms with Gasteiger partial charge in [-0.15, -0.1) is 0 Å². The molecule has 5 nitrogen and oxygen atoms in total. The first-order valence-corrected chi connectivity index (χ1v) is 7.85. The largest absolute Gasteiger partial charge is 0.471 e. The maximum Gasteiger partial charge on any atom is 0.471 e. The van der Waals surface area contributed by atoms with E-state index in [2.05, 4.69) is 15.3 Å². The van der Waals surface area contributed by atoms with Gasteiger partial charge in [0.05, 0.1) is 5.52 Å². The molecule has 25 heavy (non-hydrogen) atoms. The molecule has 0 bridgehead atoms. The molecule has 0 unspecified atom stereocenters. The Morgan fingerprint density at radius 3 is 2.64 bits per heavy atom. The lowest BCUT2D eigenvalue weighted by molar-refractivity contribution is -0.186. The summed E-state index contributed by atoms with van der Waals surface area (Å²) in [6.45, 7) is 0.629. The molecule has 9 heteroatoms. The number of hydrogen-bond donors (Lipinski definition) is 1. The number of benzene rings is 1. The highest BCUT2D eigenvalue weighted by Crippen LogP contribution is 2.25. The molecule has 1 aliphatic rings. The molecule has 1 amide bonds. The Bertz CT molecular complexity index is 772. The molecule has 2 heterocycles. The number of aromatic nitrogens is 2. The van der Waals surface area contributed by atoms with E-state index >= 15 is 0 Å². The lowest BCUT2D eigenvalue weighted by Crippen LogP contribution is -2.46. The van der Waals surface area contributed by atoms with Gasteiger partial charge in [-0.25, -0.2) is 14.4 Å². The minimum atomic E-state index is -4.82. The molecule has 1 N–H and O–H groups in total. The topological polar surface area (TPSA) is 58.1 Å². The summed E-state index contributed by atoms with van der Waals surface area (Å²) in [6.07, 6.45) is -2.53. The van der Waals surface area contributed by atoms with E-state index in [1.165, 1.54) is 18.5 Å². The second-order valence-corrected chi connectivity index (χ2v) is 6.00. The summed E-state index contributed by atoms with van der Waals surface area (Å²) < 4.78 is 50.7. The Labute approximate surface area is 141 Å². The van der Waals surface area contributed by atoms with E-state index < -0.39 is 17.9 Å². The average molecular weight is 356 g/mol. The van der Waals surface area contributed by atoms with Crippen molar-refractivity contribution in [2.45, 2.75) is 19.0 Å². The van der Waals surface area contributed by atoms with Gasteiger partial charge in [0.15, 0.2) is 0 Å². The molecular weight excluding hydrogens is 340 g/mol. The van der Waals surface area contributed by atoms with Gasteiger partial charge in [-0.1, -0.05) is 0 Å². The number of rotatable bonds is 3. The van der Waals surface area contributed by atoms with Crippen LogP contribution in [0.2, 0.25) is 0 Å². The van der Waals surface area contributed by atoms with Crippen LogP contribution in [0.25, 0.3) is 10.9 Å². The molecular formula is C16H16F4N4O. The third-order valence-electron chi connectivity index (χ3n) is 4.30. The number of carbonyl (C=O) groups excluding carboxylic acids is 1. The Hall–Kier alpha value is -2.45. The number of piperidine rings is 1. The van der Waals surface area contributed by atoms with Crippen molar-refractivity contribution >= 4 is 22.6 Å². The zero-order chi connectivity index (χ0) is 18.0. The van der Waals surface area contributed by atoms with Crippen LogP contribution in [0.4, 0.5) is 23.4 Å². The first kappa shape index (κ1) is 17.4. The number of halogens is 4. The van der Waals surface area contributed by atoms with Crippen molar-refractivity contribution in [2.75, 3.05) is 25.0 Å². The molecule has 0 aliphatic carbocycles. The van der Waals surface area contributed by atoms with Crippen LogP contribution >= 0.6 is 0 Å². The second-order valence-electron chi connectivity index (χ2n) is 6.00. The predicted octanol–water partition coefficient (Wildman–Crippen LogP) is 2.98. The molecule has 1 fully saturated rings. The van der Waals surface area contributed by atoms with Gasteiger partial charge in [0.25, 0.3) is 0 Å². The SMILES string of the molecule is O=C(N1CCC(CNc2ncnc3ccc(F)cc23)CC1)C(F)(F)F. The number of nitrogens with one attached hydrogen (secondary N) is 1. The fraction of sp³-hybridized carbons (Fsp3) is 0.438. The first-order chi connectivity index (χ1) is 11.8. The lowest BCUT2D eigenvalue weighted by atomic mass is 9.96. The predicted molar refractivity (Wildman–Crippen MR) is 83.3 cm³/mol. The molecule has 3 rings (SSSR count). The number of hydrogen-bond acceptors (Lipinski definition) is 4. The van der Waals surface area contributed by atoms with Crippen molar-refractivity contribution in [1.82, 2.24) is 14.9 Å². The zero-order valence-corrected chi connectivity index (χ0v) is 13.2. The second kappa shape index (κ2) is 6.81. The molecule has 134 valence electrons. The van der Waals surface area contributed by atoms with Gasteiger partial charge in [0, 0.05) is 25.0 Å². The van der Waals surface area contributed by atoms with Gasteiger partial charge < -0.3 is 10.2 Å². The van der Waals surface area contributed by atoms with Crippen LogP contribution in [0.15, 0.2) is 24.5 Å². The van der Waals surface area contributed by atoms with Crippen LogP contribution < -0.4 is 5.32 Å². The van der Waals surface area contributed by atoms with Crippen molar-refractivity contribution in [1.29, 1.82) is 0 Å². The fourth-order valence-corrected chi connectivity index (χ4v) is 2.93. The summed E-state index contributed by atoms with van der Waals surface area (Å²) in [5.41, 5.74) is 0.601. The van der Waals surface area contributed by atoms with Crippen molar-refractivity contribution in [2.24, 2.45) is 5.92 Å². The van der Waals surface area contributed by atoms with Crippen LogP contribution in [0, 0.1) is 11.7 Å². The van der Waals surface area contributed by atoms with E-state index in [4.69, 9.17) is 0 Å². The van der Waals surface area contributed by atoms with E-state index in [0.717, 1.165) is 4.90 Å². The van der Waals surface area contributed by atoms with Crippen molar-refractivity contribution in [3.05, 3.63) is 30.3 Å². The minimum absolute atomic E-state index is 0.0733. The maximum absolute atomic E-state index is 13.4. The van der Waals surface area contributed by atoms with Gasteiger partial charge >= 0.3 is 12.1 Å². The number of nitrogens with zero attached hydrogens (tertiary/aromatic N) is 3. The molecule has 0 spiro atoms. The molecule has 0 atom stereocenters. The van der Waals surface area contributed by atoms with Gasteiger partial charge in [-0.3, -0.25) is 4.79 Å². The van der Waals surface area contributed by atoms with E-state index in [9.17, 15) is 22.4 Å². The van der Waals surface area contributed by atoms with Gasteiger partial charge in [0.2, 0.25) is 0 Å². The highest BCUT2D eigenvalue weighted by atomic mass is 19.4. The summed E-state index contributed by atoms with van der Waals surface area (Å²) in [5, 5.41) is 3.66. The van der Waals surface area contributed by atoms with E-state index in [1.54, 1.807) is 6.07 Å². The average Bonchev–Trinajstić information content (AvgIpc) is 2.59. The number of anilines is 1. The van der Waals surface area contributed by atoms with Crippen molar-refractivity contribution in [3.8, 4) is 0 Å². The van der Waals surface area contributed by atoms with E-state index in [1.807, 2.05) is 0 Å². The first-order valence-electron chi connectivity index (χ1n) is 7.85. The van der Waals surface area contributed by atoms with Crippen LogP contribution in [0.1, 0.15) is 12.8 Å². The summed E-state index contributed by atoms with van der Waals surface area (Å²) in [6, 6.07) is 4.20. The molecule has 1 saturated heterocycles. The van der Waals surface area contributed by atoms with Crippen molar-refractivity contribution < 1.29 is 22.4 Å². The van der Waals surface area contributed by atoms with Gasteiger partial charge in [-0.2, -0.15) is 13.2 Å². The third-order valence-corrected chi connectivity index (χ3v) is 4.30. The molecule has 1 aliphatic heterocycles. The van der Waals surface area contributed by atoms with Crippen molar-refractivity contribution in [3.63, 3.8) is 0 Å². The Balaban J connectivity index is 1.59. The standard InChI is InChI=1S/C16H16F4N4O/c17-11-1-2-13-12(7-11)14(23-9-22-13)21-8-10-3-5-24(6-4-10)15(25)16(18,19)20/h1-2,7,9-10H,3-6,8H2,(H,21,22,23). The van der Waals surface area contributed by atoms with Crippen LogP contribution in [-0.4, -0.2) is 46.6 Å². The number of carbonyl (C=O) groups is 1. The highest BCUT2D eigenvalue weighted by Gasteiger charge is 2.43. The van der Waals surface area contributed by atoms with E-state index in [0.29, 0.717) is 36.1 Å². The van der Waals surface area contributed by atoms with Crippen LogP contribution in [0.5, 0.6) is 0 Å². The fourth-order valence-electron chi connectivity index (χ4n) is 2.93. The number of amides is 1. The summed E-state index contributed by atoms with van der Waals surface area (Å²) >= 11 is 0. The zero-order valence-electron chi connectivity index (χ0n) is 13.2. The minimum Gasteiger partial charge on any atom is -0.369 e. The Kier molecular flexibility index (Phi) is 4.73. The molecule has 1 aromatic heterocycles. The summed E-state index contributed by atoms with van der Waals surface area (Å²) in [5.74, 6) is -1.59. The van der Waals surface area contributed by atoms with Crippen LogP contribution in [-0.2, 0) is 4.79 Å². The van der Waals surface area contributed by atoms with Gasteiger partial charge in [-0.05, 0) is 37.0 Å². The quantitative estimate of drug-likeness (QED) is 0.859. The van der Waals surface area contributed by atoms with Gasteiger partial charge in [0.1, 0.15) is 18.0 Å². The lowest BCUT2D eigenvalue weighted by Gasteiger charge is -2.32.